The molecular weight excluding hydrogens is 521 g/mol. The molecule has 190 valence electrons. The number of nitrogens with zero attached hydrogens (tertiary/aromatic N) is 2. The van der Waals surface area contributed by atoms with Crippen LogP contribution in [0.15, 0.2) is 83.8 Å². The van der Waals surface area contributed by atoms with Gasteiger partial charge in [0.15, 0.2) is 0 Å². The Bertz CT molecular complexity index is 1300. The lowest BCUT2D eigenvalue weighted by Crippen LogP contribution is -2.51. The van der Waals surface area contributed by atoms with Gasteiger partial charge in [-0.1, -0.05) is 65.7 Å². The second kappa shape index (κ2) is 12.3. The summed E-state index contributed by atoms with van der Waals surface area (Å²) in [4.78, 5) is 27.7. The van der Waals surface area contributed by atoms with Crippen molar-refractivity contribution in [2.24, 2.45) is 0 Å². The number of benzene rings is 3. The summed E-state index contributed by atoms with van der Waals surface area (Å²) in [5.41, 5.74) is 0.896. The maximum atomic E-state index is 13.7. The summed E-state index contributed by atoms with van der Waals surface area (Å²) < 4.78 is 28.3. The number of amides is 2. The molecule has 0 aliphatic rings. The Hall–Kier alpha value is -3.07. The molecule has 0 aliphatic heterocycles. The van der Waals surface area contributed by atoms with Gasteiger partial charge in [-0.3, -0.25) is 13.9 Å². The van der Waals surface area contributed by atoms with Crippen LogP contribution in [0.25, 0.3) is 0 Å². The summed E-state index contributed by atoms with van der Waals surface area (Å²) in [7, 11) is -4.16. The van der Waals surface area contributed by atoms with Gasteiger partial charge in [0.2, 0.25) is 11.8 Å². The Morgan fingerprint density at radius 1 is 0.917 bits per heavy atom. The van der Waals surface area contributed by atoms with Gasteiger partial charge in [0, 0.05) is 18.1 Å². The third-order valence-corrected chi connectivity index (χ3v) is 7.86. The minimum absolute atomic E-state index is 0.0127. The summed E-state index contributed by atoms with van der Waals surface area (Å²) >= 11 is 12.4. The number of rotatable bonds is 10. The minimum atomic E-state index is -4.16. The summed E-state index contributed by atoms with van der Waals surface area (Å²) in [5.74, 6) is -0.918. The first-order chi connectivity index (χ1) is 17.1. The lowest BCUT2D eigenvalue weighted by Gasteiger charge is -2.32. The molecule has 0 spiro atoms. The first-order valence-electron chi connectivity index (χ1n) is 11.3. The van der Waals surface area contributed by atoms with E-state index in [1.54, 1.807) is 74.5 Å². The van der Waals surface area contributed by atoms with Gasteiger partial charge in [-0.25, -0.2) is 8.42 Å². The molecule has 0 aliphatic carbocycles. The van der Waals surface area contributed by atoms with Crippen LogP contribution in [0.5, 0.6) is 0 Å². The molecule has 1 N–H and O–H groups in total. The molecule has 0 bridgehead atoms. The third-order valence-electron chi connectivity index (χ3n) is 5.52. The Morgan fingerprint density at radius 3 is 2.14 bits per heavy atom. The molecule has 0 aromatic heterocycles. The molecule has 0 saturated heterocycles. The van der Waals surface area contributed by atoms with E-state index in [0.717, 1.165) is 9.87 Å². The highest BCUT2D eigenvalue weighted by Crippen LogP contribution is 2.30. The Morgan fingerprint density at radius 2 is 1.53 bits per heavy atom. The van der Waals surface area contributed by atoms with Crippen LogP contribution >= 0.6 is 23.2 Å². The molecule has 2 amide bonds. The van der Waals surface area contributed by atoms with Crippen molar-refractivity contribution in [1.29, 1.82) is 0 Å². The van der Waals surface area contributed by atoms with Gasteiger partial charge in [-0.15, -0.1) is 0 Å². The minimum Gasteiger partial charge on any atom is -0.355 e. The van der Waals surface area contributed by atoms with Crippen molar-refractivity contribution >= 4 is 50.7 Å². The van der Waals surface area contributed by atoms with Crippen LogP contribution in [0.4, 0.5) is 5.69 Å². The average Bonchev–Trinajstić information content (AvgIpc) is 2.87. The molecule has 36 heavy (non-hydrogen) atoms. The highest BCUT2D eigenvalue weighted by Gasteiger charge is 2.33. The second-order valence-corrected chi connectivity index (χ2v) is 10.7. The van der Waals surface area contributed by atoms with Crippen LogP contribution < -0.4 is 9.62 Å². The highest BCUT2D eigenvalue weighted by atomic mass is 35.5. The second-order valence-electron chi connectivity index (χ2n) is 7.99. The summed E-state index contributed by atoms with van der Waals surface area (Å²) in [6, 6.07) is 20.2. The fraction of sp³-hybridized carbons (Fsp3) is 0.231. The van der Waals surface area contributed by atoms with Crippen molar-refractivity contribution in [2.75, 3.05) is 17.4 Å². The predicted octanol–water partition coefficient (Wildman–Crippen LogP) is 4.74. The lowest BCUT2D eigenvalue weighted by atomic mass is 10.1. The molecule has 0 fully saturated rings. The van der Waals surface area contributed by atoms with Gasteiger partial charge in [0.1, 0.15) is 12.6 Å². The van der Waals surface area contributed by atoms with Crippen LogP contribution in [0.1, 0.15) is 19.4 Å². The van der Waals surface area contributed by atoms with E-state index >= 15 is 0 Å². The van der Waals surface area contributed by atoms with E-state index in [4.69, 9.17) is 23.2 Å². The molecule has 1 atom stereocenters. The van der Waals surface area contributed by atoms with Gasteiger partial charge >= 0.3 is 0 Å². The Labute approximate surface area is 221 Å². The molecule has 10 heteroatoms. The monoisotopic (exact) mass is 547 g/mol. The van der Waals surface area contributed by atoms with Gasteiger partial charge < -0.3 is 10.2 Å². The number of hydrogen-bond donors (Lipinski definition) is 1. The molecule has 0 radical (unpaired) electrons. The quantitative estimate of drug-likeness (QED) is 0.397. The summed E-state index contributed by atoms with van der Waals surface area (Å²) in [5, 5.41) is 3.43. The van der Waals surface area contributed by atoms with Gasteiger partial charge in [-0.05, 0) is 55.8 Å². The number of carbonyl (C=O) groups excluding carboxylic acids is 2. The van der Waals surface area contributed by atoms with Crippen LogP contribution in [0, 0.1) is 0 Å². The van der Waals surface area contributed by atoms with Crippen molar-refractivity contribution in [2.45, 2.75) is 31.3 Å². The smallest absolute Gasteiger partial charge is 0.264 e. The number of anilines is 1. The van der Waals surface area contributed by atoms with Crippen molar-refractivity contribution in [1.82, 2.24) is 10.2 Å². The zero-order chi connectivity index (χ0) is 26.3. The van der Waals surface area contributed by atoms with E-state index in [1.165, 1.54) is 23.1 Å². The maximum absolute atomic E-state index is 13.7. The van der Waals surface area contributed by atoms with E-state index in [9.17, 15) is 18.0 Å². The SMILES string of the molecule is CCNC(=O)C(C)N(Cc1ccc(Cl)cc1)C(=O)CN(c1ccccc1Cl)S(=O)(=O)c1ccccc1. The molecular formula is C26H27Cl2N3O4S. The van der Waals surface area contributed by atoms with Gasteiger partial charge in [-0.2, -0.15) is 0 Å². The molecule has 0 heterocycles. The molecule has 0 saturated carbocycles. The normalized spacial score (nSPS) is 12.0. The molecule has 3 rings (SSSR count). The van der Waals surface area contributed by atoms with E-state index in [1.807, 2.05) is 0 Å². The fourth-order valence-electron chi connectivity index (χ4n) is 3.58. The Balaban J connectivity index is 2.02. The third kappa shape index (κ3) is 6.57. The van der Waals surface area contributed by atoms with Gasteiger partial charge in [0.05, 0.1) is 15.6 Å². The zero-order valence-corrected chi connectivity index (χ0v) is 22.2. The van der Waals surface area contributed by atoms with E-state index in [2.05, 4.69) is 5.32 Å². The number of sulfonamides is 1. The first-order valence-corrected chi connectivity index (χ1v) is 13.5. The highest BCUT2D eigenvalue weighted by molar-refractivity contribution is 7.92. The van der Waals surface area contributed by atoms with E-state index in [0.29, 0.717) is 11.6 Å². The number of para-hydroxylation sites is 1. The average molecular weight is 548 g/mol. The van der Waals surface area contributed by atoms with Crippen LogP contribution in [-0.4, -0.2) is 44.3 Å². The summed E-state index contributed by atoms with van der Waals surface area (Å²) in [6.45, 7) is 3.29. The van der Waals surface area contributed by atoms with Crippen LogP contribution in [-0.2, 0) is 26.2 Å². The molecule has 1 unspecified atom stereocenters. The predicted molar refractivity (Wildman–Crippen MR) is 143 cm³/mol. The molecule has 3 aromatic rings. The Kier molecular flexibility index (Phi) is 9.37. The topological polar surface area (TPSA) is 86.8 Å². The number of nitrogens with one attached hydrogen (secondary N) is 1. The molecule has 7 nitrogen and oxygen atoms in total. The number of carbonyl (C=O) groups is 2. The van der Waals surface area contributed by atoms with Crippen LogP contribution in [0.2, 0.25) is 10.0 Å². The fourth-order valence-corrected chi connectivity index (χ4v) is 5.45. The van der Waals surface area contributed by atoms with Gasteiger partial charge in [0.25, 0.3) is 10.0 Å². The first kappa shape index (κ1) is 27.5. The van der Waals surface area contributed by atoms with Crippen LogP contribution in [0.3, 0.4) is 0 Å². The maximum Gasteiger partial charge on any atom is 0.264 e. The van der Waals surface area contributed by atoms with Crippen molar-refractivity contribution in [3.63, 3.8) is 0 Å². The van der Waals surface area contributed by atoms with E-state index < -0.39 is 28.5 Å². The summed E-state index contributed by atoms with van der Waals surface area (Å²) in [6.07, 6.45) is 0. The molecule has 3 aromatic carbocycles. The van der Waals surface area contributed by atoms with Crippen molar-refractivity contribution in [3.05, 3.63) is 94.5 Å². The van der Waals surface area contributed by atoms with Crippen molar-refractivity contribution in [3.8, 4) is 0 Å². The van der Waals surface area contributed by atoms with E-state index in [-0.39, 0.29) is 28.1 Å². The lowest BCUT2D eigenvalue weighted by molar-refractivity contribution is -0.139. The standard InChI is InChI=1S/C26H27Cl2N3O4S/c1-3-29-26(33)19(2)30(17-20-13-15-21(27)16-14-20)25(32)18-31(24-12-8-7-11-23(24)28)36(34,35)22-9-5-4-6-10-22/h4-16,19H,3,17-18H2,1-2H3,(H,29,33). The van der Waals surface area contributed by atoms with Crippen molar-refractivity contribution < 1.29 is 18.0 Å². The zero-order valence-electron chi connectivity index (χ0n) is 19.9. The number of likely N-dealkylation sites (N-methyl/N-ethyl adjacent to an activating group) is 1. The number of hydrogen-bond acceptors (Lipinski definition) is 4. The largest absolute Gasteiger partial charge is 0.355 e. The number of halogens is 2.